The number of hydrogen-bond acceptors (Lipinski definition) is 5. The third kappa shape index (κ3) is 2.62. The summed E-state index contributed by atoms with van der Waals surface area (Å²) in [7, 11) is 0. The molecule has 0 saturated heterocycles. The van der Waals surface area contributed by atoms with Gasteiger partial charge in [0.1, 0.15) is 0 Å². The standard InChI is InChI=1S/C23H25N5O/c1-4-23(15-6-5-7-16(10-15)28-9-8-24-14-28)17-13-25-27-21(17)26-18-11-22(2,3)12-19(29)20(18)23/h5-10,13-14,21,26H,4,11-12H2,1-3H3/t21?,23-/m0/s1. The molecule has 1 N–H and O–H groups in total. The number of aromatic nitrogens is 2. The lowest BCUT2D eigenvalue weighted by Gasteiger charge is -2.47. The summed E-state index contributed by atoms with van der Waals surface area (Å²) in [5.74, 6) is 0.227. The van der Waals surface area contributed by atoms with Gasteiger partial charge in [0.05, 0.1) is 17.9 Å². The Morgan fingerprint density at radius 1 is 1.28 bits per heavy atom. The molecule has 0 amide bonds. The van der Waals surface area contributed by atoms with Gasteiger partial charge in [0, 0.05) is 41.3 Å². The van der Waals surface area contributed by atoms with E-state index in [1.54, 1.807) is 12.5 Å². The van der Waals surface area contributed by atoms with E-state index >= 15 is 0 Å². The van der Waals surface area contributed by atoms with Crippen molar-refractivity contribution in [1.29, 1.82) is 0 Å². The third-order valence-corrected chi connectivity index (χ3v) is 6.45. The molecular weight excluding hydrogens is 362 g/mol. The van der Waals surface area contributed by atoms with Crippen molar-refractivity contribution in [1.82, 2.24) is 14.9 Å². The number of carbonyl (C=O) groups excluding carboxylic acids is 1. The van der Waals surface area contributed by atoms with Crippen LogP contribution in [0.5, 0.6) is 0 Å². The molecule has 1 aromatic heterocycles. The van der Waals surface area contributed by atoms with Gasteiger partial charge in [-0.25, -0.2) is 4.98 Å². The van der Waals surface area contributed by atoms with Crippen LogP contribution in [0.2, 0.25) is 0 Å². The average Bonchev–Trinajstić information content (AvgIpc) is 3.37. The number of allylic oxidation sites excluding steroid dienone is 2. The quantitative estimate of drug-likeness (QED) is 0.846. The second-order valence-electron chi connectivity index (χ2n) is 8.94. The lowest BCUT2D eigenvalue weighted by molar-refractivity contribution is -0.119. The van der Waals surface area contributed by atoms with E-state index in [0.29, 0.717) is 6.42 Å². The minimum absolute atomic E-state index is 0.0575. The average molecular weight is 387 g/mol. The van der Waals surface area contributed by atoms with Gasteiger partial charge in [0.15, 0.2) is 11.9 Å². The smallest absolute Gasteiger partial charge is 0.164 e. The van der Waals surface area contributed by atoms with Crippen molar-refractivity contribution in [3.05, 3.63) is 71.6 Å². The summed E-state index contributed by atoms with van der Waals surface area (Å²) in [5.41, 5.74) is 4.56. The van der Waals surface area contributed by atoms with Crippen LogP contribution in [0, 0.1) is 5.41 Å². The molecule has 0 radical (unpaired) electrons. The van der Waals surface area contributed by atoms with Crippen molar-refractivity contribution >= 4 is 5.78 Å². The van der Waals surface area contributed by atoms with Crippen LogP contribution >= 0.6 is 0 Å². The fourth-order valence-electron chi connectivity index (χ4n) is 5.23. The number of ketones is 1. The molecule has 0 saturated carbocycles. The molecule has 1 aliphatic carbocycles. The number of nitrogens with zero attached hydrogens (tertiary/aromatic N) is 4. The third-order valence-electron chi connectivity index (χ3n) is 6.45. The molecule has 2 aliphatic heterocycles. The Morgan fingerprint density at radius 2 is 2.14 bits per heavy atom. The Morgan fingerprint density at radius 3 is 2.90 bits per heavy atom. The molecule has 2 aromatic rings. The first kappa shape index (κ1) is 18.0. The van der Waals surface area contributed by atoms with E-state index < -0.39 is 5.41 Å². The van der Waals surface area contributed by atoms with Gasteiger partial charge >= 0.3 is 0 Å². The number of azo groups is 1. The number of fused-ring (bicyclic) bond motifs is 1. The molecule has 29 heavy (non-hydrogen) atoms. The summed E-state index contributed by atoms with van der Waals surface area (Å²) >= 11 is 0. The van der Waals surface area contributed by atoms with Gasteiger partial charge in [0.25, 0.3) is 0 Å². The minimum atomic E-state index is -0.515. The van der Waals surface area contributed by atoms with E-state index in [1.165, 1.54) is 0 Å². The van der Waals surface area contributed by atoms with Crippen molar-refractivity contribution < 1.29 is 4.79 Å². The number of nitrogens with one attached hydrogen (secondary N) is 1. The summed E-state index contributed by atoms with van der Waals surface area (Å²) in [5, 5.41) is 12.2. The first-order valence-electron chi connectivity index (χ1n) is 10.2. The molecule has 0 bridgehead atoms. The fourth-order valence-corrected chi connectivity index (χ4v) is 5.23. The summed E-state index contributed by atoms with van der Waals surface area (Å²) in [6.45, 7) is 6.47. The second kappa shape index (κ2) is 6.24. The van der Waals surface area contributed by atoms with E-state index in [0.717, 1.165) is 40.9 Å². The van der Waals surface area contributed by atoms with E-state index in [-0.39, 0.29) is 17.4 Å². The topological polar surface area (TPSA) is 71.6 Å². The zero-order chi connectivity index (χ0) is 20.2. The van der Waals surface area contributed by atoms with Gasteiger partial charge in [-0.15, -0.1) is 0 Å². The highest BCUT2D eigenvalue weighted by Gasteiger charge is 2.52. The van der Waals surface area contributed by atoms with Gasteiger partial charge in [0.2, 0.25) is 0 Å². The highest BCUT2D eigenvalue weighted by molar-refractivity contribution is 6.01. The summed E-state index contributed by atoms with van der Waals surface area (Å²) in [4.78, 5) is 17.7. The number of Topliss-reactive ketones (excluding diaryl/α,β-unsaturated/α-hetero) is 1. The SMILES string of the molecule is CC[C@]1(c2cccc(-n3ccnc3)c2)C2=CN=NC2NC2=C1C(=O)CC(C)(C)C2. The maximum absolute atomic E-state index is 13.5. The summed E-state index contributed by atoms with van der Waals surface area (Å²) in [6, 6.07) is 8.42. The maximum atomic E-state index is 13.5. The molecule has 2 atom stereocenters. The zero-order valence-electron chi connectivity index (χ0n) is 17.0. The predicted molar refractivity (Wildman–Crippen MR) is 110 cm³/mol. The summed E-state index contributed by atoms with van der Waals surface area (Å²) < 4.78 is 1.99. The minimum Gasteiger partial charge on any atom is -0.362 e. The van der Waals surface area contributed by atoms with E-state index in [9.17, 15) is 4.79 Å². The monoisotopic (exact) mass is 387 g/mol. The molecule has 3 heterocycles. The lowest BCUT2D eigenvalue weighted by atomic mass is 9.59. The first-order chi connectivity index (χ1) is 13.9. The Labute approximate surface area is 170 Å². The van der Waals surface area contributed by atoms with Gasteiger partial charge in [-0.2, -0.15) is 10.2 Å². The van der Waals surface area contributed by atoms with Crippen LogP contribution in [0.15, 0.2) is 76.3 Å². The van der Waals surface area contributed by atoms with Crippen LogP contribution in [-0.4, -0.2) is 21.5 Å². The van der Waals surface area contributed by atoms with Crippen LogP contribution in [0.25, 0.3) is 5.69 Å². The highest BCUT2D eigenvalue weighted by Crippen LogP contribution is 2.53. The summed E-state index contributed by atoms with van der Waals surface area (Å²) in [6.07, 6.45) is 9.32. The largest absolute Gasteiger partial charge is 0.362 e. The normalized spacial score (nSPS) is 27.3. The Hall–Kier alpha value is -3.02. The zero-order valence-corrected chi connectivity index (χ0v) is 17.0. The van der Waals surface area contributed by atoms with Gasteiger partial charge < -0.3 is 9.88 Å². The molecule has 0 spiro atoms. The van der Waals surface area contributed by atoms with Gasteiger partial charge in [-0.3, -0.25) is 4.79 Å². The molecule has 5 rings (SSSR count). The Balaban J connectivity index is 1.75. The first-order valence-corrected chi connectivity index (χ1v) is 10.2. The van der Waals surface area contributed by atoms with Gasteiger partial charge in [-0.05, 0) is 36.0 Å². The number of rotatable bonds is 3. The Bertz CT molecular complexity index is 1080. The van der Waals surface area contributed by atoms with Crippen LogP contribution in [0.3, 0.4) is 0 Å². The number of benzene rings is 1. The predicted octanol–water partition coefficient (Wildman–Crippen LogP) is 4.44. The van der Waals surface area contributed by atoms with Crippen molar-refractivity contribution in [3.8, 4) is 5.69 Å². The van der Waals surface area contributed by atoms with Crippen LogP contribution in [0.4, 0.5) is 0 Å². The molecule has 0 fully saturated rings. The highest BCUT2D eigenvalue weighted by atomic mass is 16.1. The molecule has 6 heteroatoms. The fraction of sp³-hybridized carbons (Fsp3) is 0.391. The molecule has 1 aromatic carbocycles. The lowest BCUT2D eigenvalue weighted by Crippen LogP contribution is -2.51. The van der Waals surface area contributed by atoms with Crippen molar-refractivity contribution in [2.45, 2.75) is 51.6 Å². The van der Waals surface area contributed by atoms with Crippen LogP contribution < -0.4 is 5.32 Å². The van der Waals surface area contributed by atoms with E-state index in [4.69, 9.17) is 0 Å². The number of imidazole rings is 1. The van der Waals surface area contributed by atoms with Crippen molar-refractivity contribution in [2.75, 3.05) is 0 Å². The molecular formula is C23H25N5O. The maximum Gasteiger partial charge on any atom is 0.164 e. The van der Waals surface area contributed by atoms with Crippen LogP contribution in [-0.2, 0) is 10.2 Å². The molecule has 148 valence electrons. The van der Waals surface area contributed by atoms with Crippen molar-refractivity contribution in [2.24, 2.45) is 15.6 Å². The number of hydrogen-bond donors (Lipinski definition) is 1. The van der Waals surface area contributed by atoms with E-state index in [1.807, 2.05) is 17.0 Å². The molecule has 3 aliphatic rings. The van der Waals surface area contributed by atoms with E-state index in [2.05, 4.69) is 65.6 Å². The second-order valence-corrected chi connectivity index (χ2v) is 8.94. The molecule has 1 unspecified atom stereocenters. The Kier molecular flexibility index (Phi) is 3.88. The number of carbonyl (C=O) groups is 1. The molecule has 6 nitrogen and oxygen atoms in total. The van der Waals surface area contributed by atoms with Gasteiger partial charge in [-0.1, -0.05) is 32.9 Å². The van der Waals surface area contributed by atoms with Crippen molar-refractivity contribution in [3.63, 3.8) is 0 Å². The van der Waals surface area contributed by atoms with Crippen LogP contribution in [0.1, 0.15) is 45.6 Å².